The van der Waals surface area contributed by atoms with E-state index in [1.165, 1.54) is 0 Å². The first-order valence-corrected chi connectivity index (χ1v) is 14.3. The van der Waals surface area contributed by atoms with Crippen LogP contribution in [-0.2, 0) is 20.9 Å². The first kappa shape index (κ1) is 30.0. The Labute approximate surface area is 236 Å². The highest BCUT2D eigenvalue weighted by Crippen LogP contribution is 2.31. The molecule has 3 rings (SSSR count). The first-order chi connectivity index (χ1) is 18.1. The summed E-state index contributed by atoms with van der Waals surface area (Å²) in [6.45, 7) is 7.07. The Morgan fingerprint density at radius 1 is 1.11 bits per heavy atom. The number of rotatable bonds is 11. The second-order valence-electron chi connectivity index (χ2n) is 10.7. The van der Waals surface area contributed by atoms with Crippen LogP contribution in [-0.4, -0.2) is 35.2 Å². The molecule has 3 atom stereocenters. The second-order valence-corrected chi connectivity index (χ2v) is 11.5. The Bertz CT molecular complexity index is 1140. The molecule has 3 N–H and O–H groups in total. The highest BCUT2D eigenvalue weighted by molar-refractivity contribution is 6.36. The van der Waals surface area contributed by atoms with E-state index in [4.69, 9.17) is 28.9 Å². The topological polar surface area (TPSA) is 92.5 Å². The number of benzene rings is 2. The SMILES string of the molecule is CCCC(C(N)=O)C(CC(C)C)C(=O)NC1CCCCN(Cc2cccc(-c3ccc(Cl)cc3Cl)c2)C1=O. The van der Waals surface area contributed by atoms with Crippen LogP contribution < -0.4 is 11.1 Å². The molecule has 0 saturated carbocycles. The third-order valence-corrected chi connectivity index (χ3v) is 7.70. The van der Waals surface area contributed by atoms with E-state index in [0.717, 1.165) is 36.0 Å². The second kappa shape index (κ2) is 14.0. The van der Waals surface area contributed by atoms with Gasteiger partial charge in [-0.15, -0.1) is 0 Å². The molecule has 0 bridgehead atoms. The lowest BCUT2D eigenvalue weighted by Gasteiger charge is -2.29. The summed E-state index contributed by atoms with van der Waals surface area (Å²) >= 11 is 12.5. The monoisotopic (exact) mass is 559 g/mol. The summed E-state index contributed by atoms with van der Waals surface area (Å²) in [5.41, 5.74) is 8.49. The average Bonchev–Trinajstić information content (AvgIpc) is 3.02. The molecule has 1 saturated heterocycles. The lowest BCUT2D eigenvalue weighted by molar-refractivity contribution is -0.139. The summed E-state index contributed by atoms with van der Waals surface area (Å²) in [5.74, 6) is -1.68. The maximum absolute atomic E-state index is 13.6. The van der Waals surface area contributed by atoms with Crippen LogP contribution in [0.5, 0.6) is 0 Å². The van der Waals surface area contributed by atoms with Gasteiger partial charge in [0.2, 0.25) is 17.7 Å². The number of nitrogens with two attached hydrogens (primary N) is 1. The Kier molecular flexibility index (Phi) is 11.0. The number of hydrogen-bond donors (Lipinski definition) is 2. The number of amides is 3. The summed E-state index contributed by atoms with van der Waals surface area (Å²) in [6.07, 6.45) is 4.12. The van der Waals surface area contributed by atoms with Crippen molar-refractivity contribution in [1.82, 2.24) is 10.2 Å². The summed E-state index contributed by atoms with van der Waals surface area (Å²) in [7, 11) is 0. The predicted octanol–water partition coefficient (Wildman–Crippen LogP) is 6.22. The van der Waals surface area contributed by atoms with Gasteiger partial charge in [-0.3, -0.25) is 14.4 Å². The zero-order chi connectivity index (χ0) is 27.8. The maximum Gasteiger partial charge on any atom is 0.245 e. The van der Waals surface area contributed by atoms with Gasteiger partial charge in [-0.1, -0.05) is 74.7 Å². The highest BCUT2D eigenvalue weighted by atomic mass is 35.5. The quantitative estimate of drug-likeness (QED) is 0.342. The van der Waals surface area contributed by atoms with E-state index in [0.29, 0.717) is 42.4 Å². The molecule has 3 unspecified atom stereocenters. The molecule has 3 amide bonds. The predicted molar refractivity (Wildman–Crippen MR) is 154 cm³/mol. The van der Waals surface area contributed by atoms with Gasteiger partial charge in [-0.05, 0) is 67.3 Å². The number of nitrogens with one attached hydrogen (secondary N) is 1. The Morgan fingerprint density at radius 2 is 1.87 bits per heavy atom. The van der Waals surface area contributed by atoms with Crippen molar-refractivity contribution < 1.29 is 14.4 Å². The van der Waals surface area contributed by atoms with Crippen LogP contribution in [0.25, 0.3) is 11.1 Å². The van der Waals surface area contributed by atoms with Crippen LogP contribution >= 0.6 is 23.2 Å². The van der Waals surface area contributed by atoms with Crippen molar-refractivity contribution in [2.45, 2.75) is 71.9 Å². The Hall–Kier alpha value is -2.57. The average molecular weight is 561 g/mol. The molecule has 206 valence electrons. The maximum atomic E-state index is 13.6. The van der Waals surface area contributed by atoms with Gasteiger partial charge in [0.1, 0.15) is 6.04 Å². The number of likely N-dealkylation sites (tertiary alicyclic amines) is 1. The van der Waals surface area contributed by atoms with Gasteiger partial charge in [0.05, 0.1) is 0 Å². The van der Waals surface area contributed by atoms with Gasteiger partial charge < -0.3 is 16.0 Å². The van der Waals surface area contributed by atoms with Gasteiger partial charge in [0.25, 0.3) is 0 Å². The van der Waals surface area contributed by atoms with Crippen molar-refractivity contribution in [3.63, 3.8) is 0 Å². The van der Waals surface area contributed by atoms with Gasteiger partial charge in [0, 0.05) is 40.5 Å². The minimum Gasteiger partial charge on any atom is -0.369 e. The molecule has 1 aliphatic rings. The summed E-state index contributed by atoms with van der Waals surface area (Å²) in [6, 6.07) is 12.7. The van der Waals surface area contributed by atoms with Crippen molar-refractivity contribution in [2.75, 3.05) is 6.54 Å². The number of carbonyl (C=O) groups excluding carboxylic acids is 3. The number of carbonyl (C=O) groups is 3. The molecule has 2 aromatic carbocycles. The molecule has 2 aromatic rings. The van der Waals surface area contributed by atoms with Crippen LogP contribution in [0.2, 0.25) is 10.0 Å². The van der Waals surface area contributed by atoms with E-state index in [1.54, 1.807) is 12.1 Å². The minimum absolute atomic E-state index is 0.0970. The lowest BCUT2D eigenvalue weighted by Crippen LogP contribution is -2.50. The standard InChI is InChI=1S/C30H39Cl2N3O3/c1-4-8-24(28(33)36)25(15-19(2)3)29(37)34-27-11-5-6-14-35(30(27)38)18-20-9-7-10-21(16-20)23-13-12-22(31)17-26(23)32/h7,9-10,12-13,16-17,19,24-25,27H,4-6,8,11,14-15,18H2,1-3H3,(H2,33,36)(H,34,37). The van der Waals surface area contributed by atoms with Crippen LogP contribution in [0.1, 0.15) is 64.9 Å². The van der Waals surface area contributed by atoms with Crippen molar-refractivity contribution in [1.29, 1.82) is 0 Å². The molecule has 0 aromatic heterocycles. The fraction of sp³-hybridized carbons (Fsp3) is 0.500. The fourth-order valence-corrected chi connectivity index (χ4v) is 5.79. The lowest BCUT2D eigenvalue weighted by atomic mass is 9.81. The largest absolute Gasteiger partial charge is 0.369 e. The number of nitrogens with zero attached hydrogens (tertiary/aromatic N) is 1. The van der Waals surface area contributed by atoms with E-state index in [1.807, 2.05) is 56.0 Å². The molecule has 0 aliphatic carbocycles. The summed E-state index contributed by atoms with van der Waals surface area (Å²) in [5, 5.41) is 4.15. The summed E-state index contributed by atoms with van der Waals surface area (Å²) < 4.78 is 0. The Balaban J connectivity index is 1.77. The van der Waals surface area contributed by atoms with Gasteiger partial charge in [0.15, 0.2) is 0 Å². The Morgan fingerprint density at radius 3 is 2.53 bits per heavy atom. The zero-order valence-electron chi connectivity index (χ0n) is 22.5. The minimum atomic E-state index is -0.622. The third kappa shape index (κ3) is 7.97. The summed E-state index contributed by atoms with van der Waals surface area (Å²) in [4.78, 5) is 41.0. The number of halogens is 2. The normalized spacial score (nSPS) is 17.7. The van der Waals surface area contributed by atoms with Crippen LogP contribution in [0.4, 0.5) is 0 Å². The molecule has 0 radical (unpaired) electrons. The van der Waals surface area contributed by atoms with Crippen molar-refractivity contribution >= 4 is 40.9 Å². The molecular weight excluding hydrogens is 521 g/mol. The fourth-order valence-electron chi connectivity index (χ4n) is 5.27. The molecule has 1 aliphatic heterocycles. The molecule has 6 nitrogen and oxygen atoms in total. The van der Waals surface area contributed by atoms with Gasteiger partial charge in [-0.25, -0.2) is 0 Å². The molecular formula is C30H39Cl2N3O3. The highest BCUT2D eigenvalue weighted by Gasteiger charge is 2.35. The number of primary amides is 1. The molecule has 0 spiro atoms. The molecule has 1 fully saturated rings. The molecule has 8 heteroatoms. The smallest absolute Gasteiger partial charge is 0.245 e. The van der Waals surface area contributed by atoms with Gasteiger partial charge in [-0.2, -0.15) is 0 Å². The van der Waals surface area contributed by atoms with E-state index < -0.39 is 23.8 Å². The van der Waals surface area contributed by atoms with E-state index >= 15 is 0 Å². The zero-order valence-corrected chi connectivity index (χ0v) is 24.0. The molecule has 1 heterocycles. The first-order valence-electron chi connectivity index (χ1n) is 13.5. The van der Waals surface area contributed by atoms with E-state index in [2.05, 4.69) is 5.32 Å². The van der Waals surface area contributed by atoms with E-state index in [9.17, 15) is 14.4 Å². The van der Waals surface area contributed by atoms with Gasteiger partial charge >= 0.3 is 0 Å². The van der Waals surface area contributed by atoms with Crippen molar-refractivity contribution in [3.05, 3.63) is 58.1 Å². The van der Waals surface area contributed by atoms with E-state index in [-0.39, 0.29) is 17.7 Å². The van der Waals surface area contributed by atoms with Crippen molar-refractivity contribution in [2.24, 2.45) is 23.5 Å². The number of hydrogen-bond acceptors (Lipinski definition) is 3. The molecule has 38 heavy (non-hydrogen) atoms. The van der Waals surface area contributed by atoms with Crippen LogP contribution in [0.15, 0.2) is 42.5 Å². The third-order valence-electron chi connectivity index (χ3n) is 7.15. The van der Waals surface area contributed by atoms with Crippen molar-refractivity contribution in [3.8, 4) is 11.1 Å². The van der Waals surface area contributed by atoms with Crippen LogP contribution in [0.3, 0.4) is 0 Å². The van der Waals surface area contributed by atoms with Crippen LogP contribution in [0, 0.1) is 17.8 Å².